The second kappa shape index (κ2) is 11.4. The second-order valence-corrected chi connectivity index (χ2v) is 9.16. The van der Waals surface area contributed by atoms with Gasteiger partial charge in [0.2, 0.25) is 0 Å². The molecule has 1 aliphatic carbocycles. The molecule has 0 fully saturated rings. The smallest absolute Gasteiger partial charge is 0.188 e. The van der Waals surface area contributed by atoms with Gasteiger partial charge in [0.25, 0.3) is 0 Å². The molecule has 5 heteroatoms. The third-order valence-electron chi connectivity index (χ3n) is 6.57. The normalized spacial score (nSPS) is 18.2. The average Bonchev–Trinajstić information content (AvgIpc) is 2.81. The van der Waals surface area contributed by atoms with Crippen LogP contribution in [0.4, 0.5) is 0 Å². The fraction of sp³-hybridized carbons (Fsp3) is 0.464. The molecule has 0 aromatic heterocycles. The molecule has 0 aliphatic heterocycles. The Morgan fingerprint density at radius 3 is 2.52 bits per heavy atom. The van der Waals surface area contributed by atoms with E-state index in [4.69, 9.17) is 14.2 Å². The van der Waals surface area contributed by atoms with Crippen molar-refractivity contribution in [2.45, 2.75) is 52.4 Å². The summed E-state index contributed by atoms with van der Waals surface area (Å²) in [5.74, 6) is 1.33. The first-order valence-electron chi connectivity index (χ1n) is 11.7. The minimum atomic E-state index is -0.163. The Morgan fingerprint density at radius 2 is 1.88 bits per heavy atom. The quantitative estimate of drug-likeness (QED) is 0.260. The Balaban J connectivity index is 2.08. The van der Waals surface area contributed by atoms with E-state index in [1.807, 2.05) is 30.3 Å². The van der Waals surface area contributed by atoms with Crippen molar-refractivity contribution < 1.29 is 24.1 Å². The number of carbonyl (C=O) groups is 1. The van der Waals surface area contributed by atoms with Crippen molar-refractivity contribution in [3.8, 4) is 17.2 Å². The fourth-order valence-electron chi connectivity index (χ4n) is 4.79. The number of aryl methyl sites for hydroxylation is 1. The van der Waals surface area contributed by atoms with Gasteiger partial charge in [-0.3, -0.25) is 4.79 Å². The zero-order valence-corrected chi connectivity index (χ0v) is 20.4. The van der Waals surface area contributed by atoms with Gasteiger partial charge in [-0.2, -0.15) is 0 Å². The monoisotopic (exact) mass is 452 g/mol. The molecule has 0 bridgehead atoms. The molecule has 3 rings (SSSR count). The number of carbonyl (C=O) groups excluding carboxylic acids is 1. The molecule has 2 atom stereocenters. The first-order valence-corrected chi connectivity index (χ1v) is 11.7. The number of benzene rings is 2. The molecule has 178 valence electrons. The molecule has 0 radical (unpaired) electrons. The number of ketones is 1. The zero-order valence-electron chi connectivity index (χ0n) is 20.4. The van der Waals surface area contributed by atoms with E-state index >= 15 is 0 Å². The van der Waals surface area contributed by atoms with Crippen LogP contribution in [-0.2, 0) is 11.2 Å². The van der Waals surface area contributed by atoms with Gasteiger partial charge in [-0.15, -0.1) is 0 Å². The standard InChI is InChI=1S/C28H36O5/c1-18(2)21-13-11-19(3)15-22(21)26-24(32-5)16-25(33-17-31-4)27(28(26)30)23(29)14-12-20-9-7-6-8-10-20/h6-10,15-16,18,21-22,30H,11-14,17H2,1-5H3/t21-,22+/m1/s1. The number of phenolic OH excluding ortho intramolecular Hbond substituents is 1. The van der Waals surface area contributed by atoms with Crippen LogP contribution in [0.25, 0.3) is 0 Å². The average molecular weight is 453 g/mol. The highest BCUT2D eigenvalue weighted by atomic mass is 16.7. The SMILES string of the molecule is COCOc1cc(OC)c([C@H]2C=C(C)CC[C@@H]2C(C)C)c(O)c1C(=O)CCc1ccccc1. The summed E-state index contributed by atoms with van der Waals surface area (Å²) in [6, 6.07) is 11.6. The number of allylic oxidation sites excluding steroid dienone is 2. The number of Topliss-reactive ketones (excluding diaryl/α,β-unsaturated/α-hetero) is 1. The van der Waals surface area contributed by atoms with Crippen molar-refractivity contribution in [2.24, 2.45) is 11.8 Å². The summed E-state index contributed by atoms with van der Waals surface area (Å²) in [7, 11) is 3.10. The number of hydrogen-bond donors (Lipinski definition) is 1. The predicted molar refractivity (Wildman–Crippen MR) is 130 cm³/mol. The summed E-state index contributed by atoms with van der Waals surface area (Å²) in [6.45, 7) is 6.50. The highest BCUT2D eigenvalue weighted by Gasteiger charge is 2.34. The van der Waals surface area contributed by atoms with E-state index in [-0.39, 0.29) is 42.0 Å². The summed E-state index contributed by atoms with van der Waals surface area (Å²) in [5.41, 5.74) is 3.24. The lowest BCUT2D eigenvalue weighted by molar-refractivity contribution is 0.0498. The van der Waals surface area contributed by atoms with Crippen LogP contribution in [0.5, 0.6) is 17.2 Å². The van der Waals surface area contributed by atoms with Gasteiger partial charge in [0, 0.05) is 31.1 Å². The van der Waals surface area contributed by atoms with E-state index < -0.39 is 0 Å². The number of aromatic hydroxyl groups is 1. The largest absolute Gasteiger partial charge is 0.507 e. The van der Waals surface area contributed by atoms with Gasteiger partial charge in [0.05, 0.1) is 7.11 Å². The number of hydrogen-bond acceptors (Lipinski definition) is 5. The molecule has 1 N–H and O–H groups in total. The summed E-state index contributed by atoms with van der Waals surface area (Å²) < 4.78 is 16.5. The Bertz CT molecular complexity index is 978. The van der Waals surface area contributed by atoms with E-state index in [0.29, 0.717) is 29.6 Å². The van der Waals surface area contributed by atoms with Gasteiger partial charge in [-0.25, -0.2) is 0 Å². The van der Waals surface area contributed by atoms with Gasteiger partial charge in [-0.1, -0.05) is 55.8 Å². The minimum Gasteiger partial charge on any atom is -0.507 e. The van der Waals surface area contributed by atoms with Crippen LogP contribution in [0.3, 0.4) is 0 Å². The van der Waals surface area contributed by atoms with Crippen molar-refractivity contribution in [3.63, 3.8) is 0 Å². The molecule has 0 saturated carbocycles. The van der Waals surface area contributed by atoms with Crippen molar-refractivity contribution in [3.05, 3.63) is 64.7 Å². The number of ether oxygens (including phenoxy) is 3. The molecule has 0 unspecified atom stereocenters. The minimum absolute atomic E-state index is 0.0298. The summed E-state index contributed by atoms with van der Waals surface area (Å²) in [5, 5.41) is 11.5. The summed E-state index contributed by atoms with van der Waals surface area (Å²) >= 11 is 0. The van der Waals surface area contributed by atoms with Crippen LogP contribution in [0.15, 0.2) is 48.0 Å². The van der Waals surface area contributed by atoms with Crippen LogP contribution in [0, 0.1) is 11.8 Å². The molecule has 2 aromatic carbocycles. The predicted octanol–water partition coefficient (Wildman–Crippen LogP) is 6.29. The van der Waals surface area contributed by atoms with Crippen LogP contribution >= 0.6 is 0 Å². The first-order chi connectivity index (χ1) is 15.9. The number of phenols is 1. The topological polar surface area (TPSA) is 65.0 Å². The van der Waals surface area contributed by atoms with E-state index in [0.717, 1.165) is 18.4 Å². The second-order valence-electron chi connectivity index (χ2n) is 9.16. The molecule has 0 saturated heterocycles. The lowest BCUT2D eigenvalue weighted by atomic mass is 9.71. The molecule has 33 heavy (non-hydrogen) atoms. The zero-order chi connectivity index (χ0) is 24.0. The maximum absolute atomic E-state index is 13.4. The van der Waals surface area contributed by atoms with E-state index in [1.54, 1.807) is 13.2 Å². The highest BCUT2D eigenvalue weighted by molar-refractivity contribution is 6.02. The summed E-state index contributed by atoms with van der Waals surface area (Å²) in [4.78, 5) is 13.4. The lowest BCUT2D eigenvalue weighted by Crippen LogP contribution is -2.22. The Morgan fingerprint density at radius 1 is 1.15 bits per heavy atom. The van der Waals surface area contributed by atoms with Crippen LogP contribution in [0.1, 0.15) is 67.4 Å². The van der Waals surface area contributed by atoms with Gasteiger partial charge in [0.15, 0.2) is 12.6 Å². The van der Waals surface area contributed by atoms with Gasteiger partial charge in [0.1, 0.15) is 22.8 Å². The molecule has 5 nitrogen and oxygen atoms in total. The Hall–Kier alpha value is -2.79. The maximum atomic E-state index is 13.4. The van der Waals surface area contributed by atoms with Gasteiger partial charge in [-0.05, 0) is 43.6 Å². The third-order valence-corrected chi connectivity index (χ3v) is 6.57. The molecular formula is C28H36O5. The van der Waals surface area contributed by atoms with Crippen molar-refractivity contribution >= 4 is 5.78 Å². The maximum Gasteiger partial charge on any atom is 0.188 e. The van der Waals surface area contributed by atoms with Crippen molar-refractivity contribution in [2.75, 3.05) is 21.0 Å². The van der Waals surface area contributed by atoms with Gasteiger partial charge < -0.3 is 19.3 Å². The molecular weight excluding hydrogens is 416 g/mol. The first kappa shape index (κ1) is 24.8. The lowest BCUT2D eigenvalue weighted by Gasteiger charge is -2.34. The Labute approximate surface area is 197 Å². The Kier molecular flexibility index (Phi) is 8.56. The van der Waals surface area contributed by atoms with E-state index in [1.165, 1.54) is 12.7 Å². The van der Waals surface area contributed by atoms with Crippen molar-refractivity contribution in [1.82, 2.24) is 0 Å². The number of methoxy groups -OCH3 is 2. The third kappa shape index (κ3) is 5.77. The summed E-state index contributed by atoms with van der Waals surface area (Å²) in [6.07, 6.45) is 5.15. The van der Waals surface area contributed by atoms with Gasteiger partial charge >= 0.3 is 0 Å². The van der Waals surface area contributed by atoms with E-state index in [2.05, 4.69) is 26.8 Å². The molecule has 0 amide bonds. The van der Waals surface area contributed by atoms with Crippen LogP contribution < -0.4 is 9.47 Å². The van der Waals surface area contributed by atoms with Crippen molar-refractivity contribution in [1.29, 1.82) is 0 Å². The van der Waals surface area contributed by atoms with E-state index in [9.17, 15) is 9.90 Å². The molecule has 0 spiro atoms. The molecule has 1 aliphatic rings. The number of rotatable bonds is 10. The highest BCUT2D eigenvalue weighted by Crippen LogP contribution is 2.50. The van der Waals surface area contributed by atoms with Crippen LogP contribution in [-0.4, -0.2) is 31.9 Å². The fourth-order valence-corrected chi connectivity index (χ4v) is 4.79. The van der Waals surface area contributed by atoms with Crippen LogP contribution in [0.2, 0.25) is 0 Å². The molecule has 2 aromatic rings. The molecule has 0 heterocycles.